The van der Waals surface area contributed by atoms with E-state index in [0.717, 1.165) is 5.56 Å². The lowest BCUT2D eigenvalue weighted by Crippen LogP contribution is -2.49. The Kier molecular flexibility index (Phi) is 3.99. The van der Waals surface area contributed by atoms with E-state index in [2.05, 4.69) is 5.32 Å². The first-order chi connectivity index (χ1) is 8.65. The molecule has 0 aromatic heterocycles. The van der Waals surface area contributed by atoms with Crippen molar-refractivity contribution in [2.75, 3.05) is 19.6 Å². The van der Waals surface area contributed by atoms with Gasteiger partial charge in [0.1, 0.15) is 0 Å². The second kappa shape index (κ2) is 5.69. The van der Waals surface area contributed by atoms with Gasteiger partial charge in [-0.2, -0.15) is 0 Å². The third-order valence-electron chi connectivity index (χ3n) is 2.64. The molecule has 2 rings (SSSR count). The van der Waals surface area contributed by atoms with Crippen molar-refractivity contribution in [2.24, 2.45) is 0 Å². The number of hydrogen-bond acceptors (Lipinski definition) is 2. The van der Waals surface area contributed by atoms with Crippen molar-refractivity contribution in [3.63, 3.8) is 0 Å². The molecule has 1 aromatic carbocycles. The minimum atomic E-state index is -0.153. The highest BCUT2D eigenvalue weighted by molar-refractivity contribution is 6.30. The zero-order chi connectivity index (χ0) is 13.0. The van der Waals surface area contributed by atoms with Crippen LogP contribution in [-0.4, -0.2) is 36.3 Å². The topological polar surface area (TPSA) is 49.4 Å². The largest absolute Gasteiger partial charge is 0.353 e. The Morgan fingerprint density at radius 2 is 2.06 bits per heavy atom. The molecule has 0 aliphatic carbocycles. The molecule has 0 radical (unpaired) electrons. The minimum absolute atomic E-state index is 0.116. The Morgan fingerprint density at radius 3 is 2.72 bits per heavy atom. The third kappa shape index (κ3) is 3.34. The number of nitrogens with one attached hydrogen (secondary N) is 1. The molecule has 0 bridgehead atoms. The third-order valence-corrected chi connectivity index (χ3v) is 2.89. The summed E-state index contributed by atoms with van der Waals surface area (Å²) in [6.45, 7) is 1.19. The summed E-state index contributed by atoms with van der Waals surface area (Å²) in [5.74, 6) is -0.269. The van der Waals surface area contributed by atoms with Crippen LogP contribution in [0.4, 0.5) is 0 Å². The fourth-order valence-corrected chi connectivity index (χ4v) is 1.80. The first-order valence-electron chi connectivity index (χ1n) is 5.64. The zero-order valence-electron chi connectivity index (χ0n) is 9.73. The minimum Gasteiger partial charge on any atom is -0.353 e. The highest BCUT2D eigenvalue weighted by Crippen LogP contribution is 2.10. The molecule has 1 saturated heterocycles. The molecule has 1 N–H and O–H groups in total. The molecule has 1 heterocycles. The molecular formula is C13H13ClN2O2. The van der Waals surface area contributed by atoms with Gasteiger partial charge in [-0.1, -0.05) is 23.7 Å². The average molecular weight is 265 g/mol. The molecule has 0 unspecified atom stereocenters. The fraction of sp³-hybridized carbons (Fsp3) is 0.231. The zero-order valence-corrected chi connectivity index (χ0v) is 10.5. The number of rotatable bonds is 2. The van der Waals surface area contributed by atoms with Gasteiger partial charge in [-0.05, 0) is 23.8 Å². The van der Waals surface area contributed by atoms with Gasteiger partial charge in [0.05, 0.1) is 6.54 Å². The van der Waals surface area contributed by atoms with Gasteiger partial charge in [-0.15, -0.1) is 0 Å². The summed E-state index contributed by atoms with van der Waals surface area (Å²) in [5, 5.41) is 3.33. The molecule has 2 amide bonds. The van der Waals surface area contributed by atoms with E-state index in [4.69, 9.17) is 11.6 Å². The number of carbonyl (C=O) groups excluding carboxylic acids is 2. The second-order valence-electron chi connectivity index (χ2n) is 3.99. The number of amides is 2. The Balaban J connectivity index is 1.98. The van der Waals surface area contributed by atoms with E-state index in [1.54, 1.807) is 18.2 Å². The van der Waals surface area contributed by atoms with Crippen LogP contribution in [0.5, 0.6) is 0 Å². The molecule has 0 saturated carbocycles. The summed E-state index contributed by atoms with van der Waals surface area (Å²) >= 11 is 5.77. The molecule has 1 fully saturated rings. The Hall–Kier alpha value is -1.81. The molecule has 0 atom stereocenters. The van der Waals surface area contributed by atoms with Gasteiger partial charge in [-0.25, -0.2) is 0 Å². The molecule has 4 nitrogen and oxygen atoms in total. The van der Waals surface area contributed by atoms with Crippen molar-refractivity contribution in [1.82, 2.24) is 10.2 Å². The van der Waals surface area contributed by atoms with Crippen LogP contribution in [-0.2, 0) is 9.59 Å². The highest BCUT2D eigenvalue weighted by atomic mass is 35.5. The fourth-order valence-electron chi connectivity index (χ4n) is 1.67. The second-order valence-corrected chi connectivity index (χ2v) is 4.43. The predicted molar refractivity (Wildman–Crippen MR) is 70.1 cm³/mol. The monoisotopic (exact) mass is 264 g/mol. The number of halogens is 1. The number of piperazine rings is 1. The van der Waals surface area contributed by atoms with Gasteiger partial charge in [0.25, 0.3) is 0 Å². The smallest absolute Gasteiger partial charge is 0.247 e. The first kappa shape index (κ1) is 12.6. The van der Waals surface area contributed by atoms with Crippen molar-refractivity contribution in [2.45, 2.75) is 0 Å². The van der Waals surface area contributed by atoms with Crippen LogP contribution in [0.2, 0.25) is 5.02 Å². The summed E-state index contributed by atoms with van der Waals surface area (Å²) in [5.41, 5.74) is 0.897. The molecular weight excluding hydrogens is 252 g/mol. The number of benzene rings is 1. The summed E-state index contributed by atoms with van der Waals surface area (Å²) in [6.07, 6.45) is 3.19. The molecule has 18 heavy (non-hydrogen) atoms. The van der Waals surface area contributed by atoms with Gasteiger partial charge in [-0.3, -0.25) is 9.59 Å². The Morgan fingerprint density at radius 1 is 1.33 bits per heavy atom. The standard InChI is InChI=1S/C13H13ClN2O2/c14-11-4-1-10(2-5-11)3-6-13(18)16-8-7-15-12(17)9-16/h1-6H,7-9H2,(H,15,17). The van der Waals surface area contributed by atoms with Crippen molar-refractivity contribution >= 4 is 29.5 Å². The van der Waals surface area contributed by atoms with Crippen LogP contribution in [0.15, 0.2) is 30.3 Å². The van der Waals surface area contributed by atoms with Crippen LogP contribution in [0.3, 0.4) is 0 Å². The maximum Gasteiger partial charge on any atom is 0.247 e. The van der Waals surface area contributed by atoms with Crippen molar-refractivity contribution < 1.29 is 9.59 Å². The lowest BCUT2D eigenvalue weighted by atomic mass is 10.2. The lowest BCUT2D eigenvalue weighted by Gasteiger charge is -2.25. The summed E-state index contributed by atoms with van der Waals surface area (Å²) in [4.78, 5) is 24.5. The number of nitrogens with zero attached hydrogens (tertiary/aromatic N) is 1. The van der Waals surface area contributed by atoms with E-state index in [1.807, 2.05) is 12.1 Å². The van der Waals surface area contributed by atoms with Crippen molar-refractivity contribution in [1.29, 1.82) is 0 Å². The normalized spacial score (nSPS) is 15.8. The van der Waals surface area contributed by atoms with Gasteiger partial charge in [0, 0.05) is 24.2 Å². The summed E-state index contributed by atoms with van der Waals surface area (Å²) in [7, 11) is 0. The van der Waals surface area contributed by atoms with Gasteiger partial charge in [0.15, 0.2) is 0 Å². The number of carbonyl (C=O) groups is 2. The first-order valence-corrected chi connectivity index (χ1v) is 6.02. The molecule has 1 aromatic rings. The quantitative estimate of drug-likeness (QED) is 0.819. The van der Waals surface area contributed by atoms with E-state index in [-0.39, 0.29) is 18.4 Å². The van der Waals surface area contributed by atoms with Gasteiger partial charge in [0.2, 0.25) is 11.8 Å². The SMILES string of the molecule is O=C1CN(C(=O)C=Cc2ccc(Cl)cc2)CCN1. The number of hydrogen-bond donors (Lipinski definition) is 1. The van der Waals surface area contributed by atoms with E-state index < -0.39 is 0 Å². The molecule has 0 spiro atoms. The van der Waals surface area contributed by atoms with Crippen LogP contribution in [0.1, 0.15) is 5.56 Å². The van der Waals surface area contributed by atoms with E-state index >= 15 is 0 Å². The maximum atomic E-state index is 11.8. The van der Waals surface area contributed by atoms with Gasteiger partial charge >= 0.3 is 0 Å². The molecule has 5 heteroatoms. The van der Waals surface area contributed by atoms with Crippen LogP contribution in [0, 0.1) is 0 Å². The van der Waals surface area contributed by atoms with Gasteiger partial charge < -0.3 is 10.2 Å². The maximum absolute atomic E-state index is 11.8. The van der Waals surface area contributed by atoms with E-state index in [0.29, 0.717) is 18.1 Å². The average Bonchev–Trinajstić information content (AvgIpc) is 2.38. The van der Waals surface area contributed by atoms with E-state index in [9.17, 15) is 9.59 Å². The summed E-state index contributed by atoms with van der Waals surface area (Å²) < 4.78 is 0. The van der Waals surface area contributed by atoms with Crippen LogP contribution in [0.25, 0.3) is 6.08 Å². The van der Waals surface area contributed by atoms with Crippen LogP contribution < -0.4 is 5.32 Å². The lowest BCUT2D eigenvalue weighted by molar-refractivity contribution is -0.134. The predicted octanol–water partition coefficient (Wildman–Crippen LogP) is 1.31. The molecule has 1 aliphatic heterocycles. The van der Waals surface area contributed by atoms with Crippen molar-refractivity contribution in [3.05, 3.63) is 40.9 Å². The van der Waals surface area contributed by atoms with E-state index in [1.165, 1.54) is 11.0 Å². The Labute approximate surface area is 110 Å². The highest BCUT2D eigenvalue weighted by Gasteiger charge is 2.18. The molecule has 94 valence electrons. The van der Waals surface area contributed by atoms with Crippen LogP contribution >= 0.6 is 11.6 Å². The molecule has 1 aliphatic rings. The summed E-state index contributed by atoms with van der Waals surface area (Å²) in [6, 6.07) is 7.18. The van der Waals surface area contributed by atoms with Crippen molar-refractivity contribution in [3.8, 4) is 0 Å². The Bertz CT molecular complexity index is 482.